The van der Waals surface area contributed by atoms with Gasteiger partial charge in [0.1, 0.15) is 0 Å². The molecule has 6 nitrogen and oxygen atoms in total. The summed E-state index contributed by atoms with van der Waals surface area (Å²) in [5.74, 6) is -0.560. The van der Waals surface area contributed by atoms with Crippen LogP contribution >= 0.6 is 0 Å². The molecule has 1 atom stereocenters. The van der Waals surface area contributed by atoms with Gasteiger partial charge in [0.2, 0.25) is 0 Å². The predicted molar refractivity (Wildman–Crippen MR) is 58.8 cm³/mol. The van der Waals surface area contributed by atoms with Gasteiger partial charge < -0.3 is 19.7 Å². The Morgan fingerprint density at radius 2 is 2.53 bits per heavy atom. The van der Waals surface area contributed by atoms with Crippen molar-refractivity contribution < 1.29 is 19.2 Å². The van der Waals surface area contributed by atoms with Crippen molar-refractivity contribution in [2.45, 2.75) is 31.9 Å². The standard InChI is InChI=1S/C11H16N2O4/c1-11(3-2-4-16-11)7-12-6-8-5-9(10(14)15)13-17-8/h5,12H,2-4,6-7H2,1H3,(H,14,15). The van der Waals surface area contributed by atoms with Crippen LogP contribution in [0, 0.1) is 0 Å². The summed E-state index contributed by atoms with van der Waals surface area (Å²) < 4.78 is 10.5. The summed E-state index contributed by atoms with van der Waals surface area (Å²) >= 11 is 0. The second kappa shape index (κ2) is 4.85. The first-order valence-corrected chi connectivity index (χ1v) is 5.63. The van der Waals surface area contributed by atoms with Crippen LogP contribution in [-0.4, -0.2) is 35.0 Å². The minimum absolute atomic E-state index is 0.0647. The number of ether oxygens (including phenoxy) is 1. The molecule has 17 heavy (non-hydrogen) atoms. The van der Waals surface area contributed by atoms with Crippen LogP contribution in [0.2, 0.25) is 0 Å². The van der Waals surface area contributed by atoms with Crippen LogP contribution in [0.4, 0.5) is 0 Å². The molecule has 6 heteroatoms. The second-order valence-electron chi connectivity index (χ2n) is 4.49. The van der Waals surface area contributed by atoms with Gasteiger partial charge in [0.05, 0.1) is 12.1 Å². The zero-order valence-electron chi connectivity index (χ0n) is 9.73. The minimum atomic E-state index is -1.08. The summed E-state index contributed by atoms with van der Waals surface area (Å²) in [7, 11) is 0. The van der Waals surface area contributed by atoms with E-state index in [1.165, 1.54) is 6.07 Å². The Balaban J connectivity index is 1.79. The third-order valence-corrected chi connectivity index (χ3v) is 2.88. The third-order valence-electron chi connectivity index (χ3n) is 2.88. The van der Waals surface area contributed by atoms with Gasteiger partial charge in [-0.05, 0) is 19.8 Å². The van der Waals surface area contributed by atoms with E-state index in [4.69, 9.17) is 14.4 Å². The van der Waals surface area contributed by atoms with Crippen LogP contribution in [0.3, 0.4) is 0 Å². The monoisotopic (exact) mass is 240 g/mol. The second-order valence-corrected chi connectivity index (χ2v) is 4.49. The van der Waals surface area contributed by atoms with Gasteiger partial charge in [-0.15, -0.1) is 0 Å². The zero-order chi connectivity index (χ0) is 12.3. The van der Waals surface area contributed by atoms with E-state index >= 15 is 0 Å². The maximum atomic E-state index is 10.6. The van der Waals surface area contributed by atoms with Crippen molar-refractivity contribution in [1.29, 1.82) is 0 Å². The highest BCUT2D eigenvalue weighted by molar-refractivity contribution is 5.85. The lowest BCUT2D eigenvalue weighted by molar-refractivity contribution is 0.0203. The van der Waals surface area contributed by atoms with Crippen LogP contribution < -0.4 is 5.32 Å². The highest BCUT2D eigenvalue weighted by atomic mass is 16.5. The molecule has 1 aliphatic heterocycles. The zero-order valence-corrected chi connectivity index (χ0v) is 9.73. The van der Waals surface area contributed by atoms with Gasteiger partial charge in [-0.3, -0.25) is 0 Å². The largest absolute Gasteiger partial charge is 0.476 e. The number of hydrogen-bond donors (Lipinski definition) is 2. The molecule has 1 aliphatic rings. The van der Waals surface area contributed by atoms with E-state index in [0.29, 0.717) is 12.3 Å². The molecule has 94 valence electrons. The van der Waals surface area contributed by atoms with Crippen molar-refractivity contribution in [2.75, 3.05) is 13.2 Å². The fraction of sp³-hybridized carbons (Fsp3) is 0.636. The Hall–Kier alpha value is -1.40. The first-order valence-electron chi connectivity index (χ1n) is 5.63. The predicted octanol–water partition coefficient (Wildman–Crippen LogP) is 1.03. The summed E-state index contributed by atoms with van der Waals surface area (Å²) in [5, 5.41) is 15.3. The molecule has 0 spiro atoms. The number of nitrogens with zero attached hydrogens (tertiary/aromatic N) is 1. The Morgan fingerprint density at radius 1 is 1.71 bits per heavy atom. The molecule has 0 amide bonds. The lowest BCUT2D eigenvalue weighted by Gasteiger charge is -2.22. The summed E-state index contributed by atoms with van der Waals surface area (Å²) in [6.45, 7) is 4.05. The van der Waals surface area contributed by atoms with Crippen molar-refractivity contribution in [2.24, 2.45) is 0 Å². The van der Waals surface area contributed by atoms with E-state index in [1.807, 2.05) is 0 Å². The molecule has 1 aromatic heterocycles. The molecule has 2 N–H and O–H groups in total. The van der Waals surface area contributed by atoms with E-state index in [2.05, 4.69) is 17.4 Å². The van der Waals surface area contributed by atoms with E-state index in [-0.39, 0.29) is 11.3 Å². The van der Waals surface area contributed by atoms with Gasteiger partial charge in [0, 0.05) is 19.2 Å². The third kappa shape index (κ3) is 3.04. The Bertz CT molecular complexity index is 396. The van der Waals surface area contributed by atoms with Crippen molar-refractivity contribution in [3.05, 3.63) is 17.5 Å². The molecule has 1 unspecified atom stereocenters. The summed E-state index contributed by atoms with van der Waals surface area (Å²) in [6, 6.07) is 1.42. The van der Waals surface area contributed by atoms with Crippen molar-refractivity contribution in [1.82, 2.24) is 10.5 Å². The fourth-order valence-electron chi connectivity index (χ4n) is 1.92. The number of aromatic nitrogens is 1. The Kier molecular flexibility index (Phi) is 3.44. The van der Waals surface area contributed by atoms with Crippen LogP contribution in [0.1, 0.15) is 36.0 Å². The molecular weight excluding hydrogens is 224 g/mol. The average molecular weight is 240 g/mol. The fourth-order valence-corrected chi connectivity index (χ4v) is 1.92. The topological polar surface area (TPSA) is 84.6 Å². The molecule has 0 bridgehead atoms. The van der Waals surface area contributed by atoms with Gasteiger partial charge >= 0.3 is 5.97 Å². The summed E-state index contributed by atoms with van der Waals surface area (Å²) in [4.78, 5) is 10.6. The molecule has 1 saturated heterocycles. The SMILES string of the molecule is CC1(CNCc2cc(C(=O)O)no2)CCCO1. The first-order chi connectivity index (χ1) is 8.09. The number of carboxylic acids is 1. The van der Waals surface area contributed by atoms with Crippen molar-refractivity contribution >= 4 is 5.97 Å². The molecule has 1 aromatic rings. The normalized spacial score (nSPS) is 24.1. The first kappa shape index (κ1) is 12.1. The van der Waals surface area contributed by atoms with E-state index < -0.39 is 5.97 Å². The molecule has 0 radical (unpaired) electrons. The van der Waals surface area contributed by atoms with Crippen LogP contribution in [0.15, 0.2) is 10.6 Å². The molecule has 0 saturated carbocycles. The maximum absolute atomic E-state index is 10.6. The van der Waals surface area contributed by atoms with Gasteiger partial charge in [-0.1, -0.05) is 5.16 Å². The molecule has 2 rings (SSSR count). The lowest BCUT2D eigenvalue weighted by Crippen LogP contribution is -2.36. The van der Waals surface area contributed by atoms with Gasteiger partial charge in [-0.2, -0.15) is 0 Å². The van der Waals surface area contributed by atoms with Gasteiger partial charge in [-0.25, -0.2) is 4.79 Å². The number of carboxylic acid groups (broad SMARTS) is 1. The highest BCUT2D eigenvalue weighted by Gasteiger charge is 2.29. The molecular formula is C11H16N2O4. The van der Waals surface area contributed by atoms with Crippen LogP contribution in [-0.2, 0) is 11.3 Å². The number of hydrogen-bond acceptors (Lipinski definition) is 5. The van der Waals surface area contributed by atoms with Crippen LogP contribution in [0.5, 0.6) is 0 Å². The number of nitrogens with one attached hydrogen (secondary N) is 1. The van der Waals surface area contributed by atoms with Gasteiger partial charge in [0.15, 0.2) is 11.5 Å². The van der Waals surface area contributed by atoms with Crippen LogP contribution in [0.25, 0.3) is 0 Å². The van der Waals surface area contributed by atoms with Crippen molar-refractivity contribution in [3.63, 3.8) is 0 Å². The maximum Gasteiger partial charge on any atom is 0.358 e. The summed E-state index contributed by atoms with van der Waals surface area (Å²) in [6.07, 6.45) is 2.13. The quantitative estimate of drug-likeness (QED) is 0.799. The summed E-state index contributed by atoms with van der Waals surface area (Å²) in [5.41, 5.74) is -0.180. The Morgan fingerprint density at radius 3 is 3.12 bits per heavy atom. The highest BCUT2D eigenvalue weighted by Crippen LogP contribution is 2.23. The number of aromatic carboxylic acids is 1. The number of rotatable bonds is 5. The smallest absolute Gasteiger partial charge is 0.358 e. The van der Waals surface area contributed by atoms with E-state index in [9.17, 15) is 4.79 Å². The van der Waals surface area contributed by atoms with E-state index in [1.54, 1.807) is 0 Å². The molecule has 0 aromatic carbocycles. The average Bonchev–Trinajstić information content (AvgIpc) is 2.88. The molecule has 2 heterocycles. The molecule has 1 fully saturated rings. The van der Waals surface area contributed by atoms with E-state index in [0.717, 1.165) is 26.0 Å². The van der Waals surface area contributed by atoms with Crippen molar-refractivity contribution in [3.8, 4) is 0 Å². The Labute approximate surface area is 98.9 Å². The molecule has 0 aliphatic carbocycles. The lowest BCUT2D eigenvalue weighted by atomic mass is 10.0. The number of carbonyl (C=O) groups is 1. The van der Waals surface area contributed by atoms with Gasteiger partial charge in [0.25, 0.3) is 0 Å². The minimum Gasteiger partial charge on any atom is -0.476 e.